The number of nitrogens with two attached hydrogens (primary N) is 1. The molecule has 3 aromatic rings. The van der Waals surface area contributed by atoms with Crippen LogP contribution in [-0.2, 0) is 5.41 Å². The van der Waals surface area contributed by atoms with Crippen molar-refractivity contribution in [2.24, 2.45) is 0 Å². The highest BCUT2D eigenvalue weighted by atomic mass is 16.5. The summed E-state index contributed by atoms with van der Waals surface area (Å²) >= 11 is 0. The maximum atomic E-state index is 5.46. The van der Waals surface area contributed by atoms with E-state index in [4.69, 9.17) is 10.3 Å². The van der Waals surface area contributed by atoms with Crippen LogP contribution in [-0.4, -0.2) is 25.3 Å². The predicted octanol–water partition coefficient (Wildman–Crippen LogP) is 1.76. The molecule has 0 aliphatic rings. The first-order chi connectivity index (χ1) is 9.57. The molecule has 7 nitrogen and oxygen atoms in total. The van der Waals surface area contributed by atoms with Crippen LogP contribution in [0.5, 0.6) is 0 Å². The Labute approximate surface area is 115 Å². The van der Waals surface area contributed by atoms with Gasteiger partial charge in [0.15, 0.2) is 5.82 Å². The summed E-state index contributed by atoms with van der Waals surface area (Å²) in [6, 6.07) is 9.99. The topological polar surface area (TPSA) is 107 Å². The zero-order chi connectivity index (χ0) is 14.2. The van der Waals surface area contributed by atoms with E-state index in [9.17, 15) is 0 Å². The second-order valence-electron chi connectivity index (χ2n) is 4.96. The molecule has 0 aliphatic carbocycles. The van der Waals surface area contributed by atoms with Gasteiger partial charge in [-0.25, -0.2) is 0 Å². The number of nitrogens with one attached hydrogen (secondary N) is 1. The summed E-state index contributed by atoms with van der Waals surface area (Å²) in [7, 11) is 0. The molecule has 0 fully saturated rings. The third-order valence-corrected chi connectivity index (χ3v) is 3.19. The second kappa shape index (κ2) is 4.44. The van der Waals surface area contributed by atoms with E-state index in [1.54, 1.807) is 0 Å². The molecule has 20 heavy (non-hydrogen) atoms. The lowest BCUT2D eigenvalue weighted by molar-refractivity contribution is 0.406. The van der Waals surface area contributed by atoms with Crippen molar-refractivity contribution in [1.29, 1.82) is 0 Å². The molecule has 0 radical (unpaired) electrons. The SMILES string of the molecule is CC(C)(c1ccccc1)c1noc(-c2nc(N)n[nH]2)n1. The number of benzene rings is 1. The summed E-state index contributed by atoms with van der Waals surface area (Å²) in [5.41, 5.74) is 6.19. The lowest BCUT2D eigenvalue weighted by Gasteiger charge is -2.20. The standard InChI is InChI=1S/C13H14N6O/c1-13(2,8-6-4-3-5-7-8)11-16-10(20-19-11)9-15-12(14)18-17-9/h3-7H,1-2H3,(H3,14,15,17,18). The summed E-state index contributed by atoms with van der Waals surface area (Å²) in [6.45, 7) is 4.07. The van der Waals surface area contributed by atoms with E-state index in [-0.39, 0.29) is 17.3 Å². The predicted molar refractivity (Wildman–Crippen MR) is 72.7 cm³/mol. The Bertz CT molecular complexity index is 715. The van der Waals surface area contributed by atoms with Crippen LogP contribution in [0.3, 0.4) is 0 Å². The minimum Gasteiger partial charge on any atom is -0.366 e. The van der Waals surface area contributed by atoms with Gasteiger partial charge in [-0.3, -0.25) is 5.10 Å². The fourth-order valence-electron chi connectivity index (χ4n) is 1.93. The van der Waals surface area contributed by atoms with E-state index in [0.717, 1.165) is 5.56 Å². The van der Waals surface area contributed by atoms with Gasteiger partial charge in [0.1, 0.15) is 0 Å². The summed E-state index contributed by atoms with van der Waals surface area (Å²) < 4.78 is 5.22. The Kier molecular flexibility index (Phi) is 2.74. The number of hydrogen-bond acceptors (Lipinski definition) is 6. The molecule has 0 atom stereocenters. The fourth-order valence-corrected chi connectivity index (χ4v) is 1.93. The molecule has 0 amide bonds. The van der Waals surface area contributed by atoms with Crippen molar-refractivity contribution in [2.75, 3.05) is 5.73 Å². The van der Waals surface area contributed by atoms with E-state index in [2.05, 4.69) is 25.3 Å². The van der Waals surface area contributed by atoms with Gasteiger partial charge in [-0.1, -0.05) is 35.5 Å². The molecule has 0 saturated carbocycles. The number of hydrogen-bond donors (Lipinski definition) is 2. The van der Waals surface area contributed by atoms with Crippen molar-refractivity contribution in [3.05, 3.63) is 41.7 Å². The largest absolute Gasteiger partial charge is 0.366 e. The lowest BCUT2D eigenvalue weighted by Crippen LogP contribution is -2.20. The van der Waals surface area contributed by atoms with Gasteiger partial charge in [-0.2, -0.15) is 9.97 Å². The van der Waals surface area contributed by atoms with Crippen LogP contribution in [0, 0.1) is 0 Å². The molecule has 0 spiro atoms. The smallest absolute Gasteiger partial charge is 0.295 e. The highest BCUT2D eigenvalue weighted by Gasteiger charge is 2.29. The molecule has 0 saturated heterocycles. The van der Waals surface area contributed by atoms with E-state index < -0.39 is 0 Å². The quantitative estimate of drug-likeness (QED) is 0.751. The van der Waals surface area contributed by atoms with Gasteiger partial charge in [0, 0.05) is 0 Å². The van der Waals surface area contributed by atoms with Crippen LogP contribution in [0.4, 0.5) is 5.95 Å². The molecule has 2 heterocycles. The number of nitrogens with zero attached hydrogens (tertiary/aromatic N) is 4. The van der Waals surface area contributed by atoms with Gasteiger partial charge >= 0.3 is 0 Å². The number of aromatic amines is 1. The normalized spacial score (nSPS) is 11.7. The van der Waals surface area contributed by atoms with Crippen molar-refractivity contribution < 1.29 is 4.52 Å². The Hall–Kier alpha value is -2.70. The van der Waals surface area contributed by atoms with E-state index in [1.165, 1.54) is 0 Å². The Morgan fingerprint density at radius 2 is 1.90 bits per heavy atom. The van der Waals surface area contributed by atoms with Crippen LogP contribution >= 0.6 is 0 Å². The summed E-state index contributed by atoms with van der Waals surface area (Å²) in [5.74, 6) is 1.36. The van der Waals surface area contributed by atoms with Gasteiger partial charge in [0.25, 0.3) is 5.89 Å². The van der Waals surface area contributed by atoms with E-state index >= 15 is 0 Å². The van der Waals surface area contributed by atoms with Crippen LogP contribution < -0.4 is 5.73 Å². The zero-order valence-electron chi connectivity index (χ0n) is 11.2. The molecule has 3 N–H and O–H groups in total. The van der Waals surface area contributed by atoms with Crippen LogP contribution in [0.15, 0.2) is 34.9 Å². The average Bonchev–Trinajstić information content (AvgIpc) is 3.08. The Morgan fingerprint density at radius 3 is 2.55 bits per heavy atom. The zero-order valence-corrected chi connectivity index (χ0v) is 11.2. The van der Waals surface area contributed by atoms with Gasteiger partial charge < -0.3 is 10.3 Å². The Balaban J connectivity index is 1.97. The van der Waals surface area contributed by atoms with Crippen molar-refractivity contribution >= 4 is 5.95 Å². The molecule has 3 rings (SSSR count). The van der Waals surface area contributed by atoms with Gasteiger partial charge in [-0.15, -0.1) is 5.10 Å². The number of nitrogen functional groups attached to an aromatic ring is 1. The highest BCUT2D eigenvalue weighted by molar-refractivity contribution is 5.42. The molecule has 0 unspecified atom stereocenters. The molecule has 1 aromatic carbocycles. The molecule has 2 aromatic heterocycles. The van der Waals surface area contributed by atoms with Crippen molar-refractivity contribution in [2.45, 2.75) is 19.3 Å². The first-order valence-corrected chi connectivity index (χ1v) is 6.15. The highest BCUT2D eigenvalue weighted by Crippen LogP contribution is 2.30. The molecule has 7 heteroatoms. The molecule has 0 bridgehead atoms. The van der Waals surface area contributed by atoms with Crippen LogP contribution in [0.25, 0.3) is 11.7 Å². The molecule has 0 aliphatic heterocycles. The maximum Gasteiger partial charge on any atom is 0.295 e. The fraction of sp³-hybridized carbons (Fsp3) is 0.231. The lowest BCUT2D eigenvalue weighted by atomic mass is 9.84. The number of aromatic nitrogens is 5. The van der Waals surface area contributed by atoms with Crippen LogP contribution in [0.1, 0.15) is 25.2 Å². The maximum absolute atomic E-state index is 5.46. The third kappa shape index (κ3) is 2.03. The molecule has 102 valence electrons. The van der Waals surface area contributed by atoms with Gasteiger partial charge in [-0.05, 0) is 19.4 Å². The van der Waals surface area contributed by atoms with E-state index in [0.29, 0.717) is 11.6 Å². The molecular formula is C13H14N6O. The second-order valence-corrected chi connectivity index (χ2v) is 4.96. The van der Waals surface area contributed by atoms with Gasteiger partial charge in [0.05, 0.1) is 5.41 Å². The first kappa shape index (κ1) is 12.3. The number of rotatable bonds is 3. The number of anilines is 1. The van der Waals surface area contributed by atoms with Crippen molar-refractivity contribution in [1.82, 2.24) is 25.3 Å². The first-order valence-electron chi connectivity index (χ1n) is 6.15. The minimum absolute atomic E-state index is 0.141. The monoisotopic (exact) mass is 270 g/mol. The average molecular weight is 270 g/mol. The Morgan fingerprint density at radius 1 is 1.15 bits per heavy atom. The minimum atomic E-state index is -0.366. The molecular weight excluding hydrogens is 256 g/mol. The summed E-state index contributed by atoms with van der Waals surface area (Å²) in [4.78, 5) is 8.34. The summed E-state index contributed by atoms with van der Waals surface area (Å²) in [6.07, 6.45) is 0. The summed E-state index contributed by atoms with van der Waals surface area (Å²) in [5, 5.41) is 10.4. The van der Waals surface area contributed by atoms with Crippen LogP contribution in [0.2, 0.25) is 0 Å². The van der Waals surface area contributed by atoms with Crippen molar-refractivity contribution in [3.63, 3.8) is 0 Å². The van der Waals surface area contributed by atoms with Crippen molar-refractivity contribution in [3.8, 4) is 11.7 Å². The van der Waals surface area contributed by atoms with E-state index in [1.807, 2.05) is 44.2 Å². The third-order valence-electron chi connectivity index (χ3n) is 3.19. The number of H-pyrrole nitrogens is 1. The van der Waals surface area contributed by atoms with Gasteiger partial charge in [0.2, 0.25) is 11.8 Å².